The second-order valence-electron chi connectivity index (χ2n) is 8.17. The molecule has 3 heterocycles. The molecule has 2 aromatic carbocycles. The predicted molar refractivity (Wildman–Crippen MR) is 125 cm³/mol. The summed E-state index contributed by atoms with van der Waals surface area (Å²) in [4.78, 5) is 28.4. The molecule has 0 unspecified atom stereocenters. The fourth-order valence-electron chi connectivity index (χ4n) is 3.86. The van der Waals surface area contributed by atoms with Crippen molar-refractivity contribution in [1.82, 2.24) is 9.47 Å². The van der Waals surface area contributed by atoms with Gasteiger partial charge in [0.05, 0.1) is 10.1 Å². The molecule has 1 amide bonds. The Morgan fingerprint density at radius 1 is 1.12 bits per heavy atom. The fourth-order valence-corrected chi connectivity index (χ4v) is 5.05. The van der Waals surface area contributed by atoms with Gasteiger partial charge in [0, 0.05) is 24.3 Å². The number of carbonyl (C=O) groups excluding carboxylic acids is 1. The van der Waals surface area contributed by atoms with Crippen molar-refractivity contribution in [2.45, 2.75) is 13.5 Å². The predicted octanol–water partition coefficient (Wildman–Crippen LogP) is 1.49. The van der Waals surface area contributed by atoms with E-state index < -0.39 is 0 Å². The highest BCUT2D eigenvalue weighted by Gasteiger charge is 2.27. The lowest BCUT2D eigenvalue weighted by Gasteiger charge is -2.10. The first-order valence-corrected chi connectivity index (χ1v) is 11.1. The lowest BCUT2D eigenvalue weighted by molar-refractivity contribution is -0.110. The zero-order chi connectivity index (χ0) is 22.4. The highest BCUT2D eigenvalue weighted by molar-refractivity contribution is 7.07. The lowest BCUT2D eigenvalue weighted by atomic mass is 10.1. The van der Waals surface area contributed by atoms with Crippen molar-refractivity contribution in [3.05, 3.63) is 72.6 Å². The SMILES string of the molecule is Cc1ccc2c(c1)/C(=c1/s/c(=C\c3ccc4c(c3)OCO4)c(=O)n1CCN(C)C)C(=O)N2. The molecule has 1 N–H and O–H groups in total. The Hall–Kier alpha value is -3.36. The molecule has 0 atom stereocenters. The van der Waals surface area contributed by atoms with Crippen LogP contribution in [-0.2, 0) is 11.3 Å². The zero-order valence-corrected chi connectivity index (χ0v) is 18.9. The van der Waals surface area contributed by atoms with Crippen LogP contribution in [0, 0.1) is 6.92 Å². The summed E-state index contributed by atoms with van der Waals surface area (Å²) >= 11 is 1.34. The second-order valence-corrected chi connectivity index (χ2v) is 9.20. The summed E-state index contributed by atoms with van der Waals surface area (Å²) in [6, 6.07) is 11.5. The van der Waals surface area contributed by atoms with E-state index in [2.05, 4.69) is 5.32 Å². The smallest absolute Gasteiger partial charge is 0.269 e. The molecule has 0 bridgehead atoms. The van der Waals surface area contributed by atoms with E-state index in [9.17, 15) is 9.59 Å². The molecule has 0 aliphatic carbocycles. The summed E-state index contributed by atoms with van der Waals surface area (Å²) < 4.78 is 13.8. The number of thiazole rings is 1. The number of carbonyl (C=O) groups is 1. The van der Waals surface area contributed by atoms with E-state index >= 15 is 0 Å². The third kappa shape index (κ3) is 3.61. The number of nitrogens with zero attached hydrogens (tertiary/aromatic N) is 2. The summed E-state index contributed by atoms with van der Waals surface area (Å²) in [7, 11) is 3.93. The summed E-state index contributed by atoms with van der Waals surface area (Å²) in [5.74, 6) is 1.18. The number of benzene rings is 2. The highest BCUT2D eigenvalue weighted by atomic mass is 32.1. The topological polar surface area (TPSA) is 72.8 Å². The van der Waals surface area contributed by atoms with Gasteiger partial charge in [0.2, 0.25) is 6.79 Å². The minimum absolute atomic E-state index is 0.106. The van der Waals surface area contributed by atoms with Gasteiger partial charge in [0.1, 0.15) is 4.66 Å². The van der Waals surface area contributed by atoms with Crippen molar-refractivity contribution < 1.29 is 14.3 Å². The summed E-state index contributed by atoms with van der Waals surface area (Å²) in [6.45, 7) is 3.37. The second kappa shape index (κ2) is 7.96. The van der Waals surface area contributed by atoms with Crippen LogP contribution in [0.4, 0.5) is 5.69 Å². The molecule has 0 fully saturated rings. The molecular formula is C24H23N3O4S. The van der Waals surface area contributed by atoms with E-state index in [1.54, 1.807) is 4.57 Å². The Balaban J connectivity index is 1.74. The van der Waals surface area contributed by atoms with E-state index in [1.807, 2.05) is 68.4 Å². The van der Waals surface area contributed by atoms with Gasteiger partial charge in [0.25, 0.3) is 11.5 Å². The Labute approximate surface area is 188 Å². The van der Waals surface area contributed by atoms with E-state index in [1.165, 1.54) is 11.3 Å². The molecule has 5 rings (SSSR count). The van der Waals surface area contributed by atoms with Crippen LogP contribution in [0.1, 0.15) is 16.7 Å². The van der Waals surface area contributed by atoms with Crippen LogP contribution in [0.2, 0.25) is 0 Å². The van der Waals surface area contributed by atoms with Gasteiger partial charge in [-0.3, -0.25) is 14.2 Å². The molecule has 0 saturated carbocycles. The normalized spacial score (nSPS) is 16.6. The maximum atomic E-state index is 13.4. The van der Waals surface area contributed by atoms with Crippen molar-refractivity contribution in [2.24, 2.45) is 0 Å². The molecule has 164 valence electrons. The fraction of sp³-hybridized carbons (Fsp3) is 0.250. The van der Waals surface area contributed by atoms with Crippen molar-refractivity contribution in [1.29, 1.82) is 0 Å². The van der Waals surface area contributed by atoms with Crippen LogP contribution in [0.3, 0.4) is 0 Å². The van der Waals surface area contributed by atoms with Crippen molar-refractivity contribution in [3.8, 4) is 11.5 Å². The Morgan fingerprint density at radius 3 is 2.75 bits per heavy atom. The van der Waals surface area contributed by atoms with E-state index in [0.29, 0.717) is 39.4 Å². The average Bonchev–Trinajstić information content (AvgIpc) is 3.42. The molecule has 2 aliphatic rings. The Kier molecular flexibility index (Phi) is 5.11. The molecule has 7 nitrogen and oxygen atoms in total. The van der Waals surface area contributed by atoms with Gasteiger partial charge in [-0.2, -0.15) is 0 Å². The monoisotopic (exact) mass is 449 g/mol. The number of nitrogens with one attached hydrogen (secondary N) is 1. The number of rotatable bonds is 4. The van der Waals surface area contributed by atoms with E-state index in [4.69, 9.17) is 9.47 Å². The molecule has 0 saturated heterocycles. The number of hydrogen-bond donors (Lipinski definition) is 1. The van der Waals surface area contributed by atoms with Crippen LogP contribution in [-0.4, -0.2) is 42.8 Å². The van der Waals surface area contributed by atoms with Crippen molar-refractivity contribution >= 4 is 34.6 Å². The van der Waals surface area contributed by atoms with Crippen LogP contribution < -0.4 is 29.5 Å². The van der Waals surface area contributed by atoms with Gasteiger partial charge in [-0.25, -0.2) is 0 Å². The molecule has 3 aromatic rings. The molecule has 1 aromatic heterocycles. The highest BCUT2D eigenvalue weighted by Crippen LogP contribution is 2.33. The van der Waals surface area contributed by atoms with Crippen molar-refractivity contribution in [3.63, 3.8) is 0 Å². The van der Waals surface area contributed by atoms with Gasteiger partial charge in [-0.05, 0) is 56.9 Å². The lowest BCUT2D eigenvalue weighted by Crippen LogP contribution is -2.36. The maximum absolute atomic E-state index is 13.4. The summed E-state index contributed by atoms with van der Waals surface area (Å²) in [6.07, 6.45) is 1.84. The standard InChI is InChI=1S/C24H23N3O4S/c1-14-4-6-17-16(10-14)21(22(28)25-17)24-27(9-8-26(2)3)23(29)20(32-24)12-15-5-7-18-19(11-15)31-13-30-18/h4-7,10-12H,8-9,13H2,1-3H3,(H,25,28)/b20-12-,24-21-. The average molecular weight is 450 g/mol. The molecule has 2 aliphatic heterocycles. The van der Waals surface area contributed by atoms with Crippen molar-refractivity contribution in [2.75, 3.05) is 32.7 Å². The number of aromatic nitrogens is 1. The first kappa shape index (κ1) is 20.5. The number of anilines is 1. The third-order valence-electron chi connectivity index (χ3n) is 5.51. The number of fused-ring (bicyclic) bond motifs is 2. The van der Waals surface area contributed by atoms with Crippen LogP contribution >= 0.6 is 11.3 Å². The number of likely N-dealkylation sites (N-methyl/N-ethyl adjacent to an activating group) is 1. The van der Waals surface area contributed by atoms with Crippen LogP contribution in [0.25, 0.3) is 11.6 Å². The van der Waals surface area contributed by atoms with Gasteiger partial charge in [-0.15, -0.1) is 11.3 Å². The summed E-state index contributed by atoms with van der Waals surface area (Å²) in [5.41, 5.74) is 3.96. The third-order valence-corrected chi connectivity index (χ3v) is 6.64. The zero-order valence-electron chi connectivity index (χ0n) is 18.1. The van der Waals surface area contributed by atoms with E-state index in [-0.39, 0.29) is 18.3 Å². The first-order chi connectivity index (χ1) is 15.4. The quantitative estimate of drug-likeness (QED) is 0.654. The molecule has 32 heavy (non-hydrogen) atoms. The molecule has 0 spiro atoms. The maximum Gasteiger partial charge on any atom is 0.269 e. The van der Waals surface area contributed by atoms with Gasteiger partial charge in [0.15, 0.2) is 11.5 Å². The Bertz CT molecular complexity index is 1420. The first-order valence-electron chi connectivity index (χ1n) is 10.3. The summed E-state index contributed by atoms with van der Waals surface area (Å²) in [5, 5.41) is 2.94. The molecule has 0 radical (unpaired) electrons. The number of amides is 1. The van der Waals surface area contributed by atoms with E-state index in [0.717, 1.165) is 22.4 Å². The largest absolute Gasteiger partial charge is 0.454 e. The van der Waals surface area contributed by atoms with Gasteiger partial charge < -0.3 is 19.7 Å². The minimum atomic E-state index is -0.180. The number of hydrogen-bond acceptors (Lipinski definition) is 6. The molecular weight excluding hydrogens is 426 g/mol. The van der Waals surface area contributed by atoms with Crippen LogP contribution in [0.5, 0.6) is 11.5 Å². The van der Waals surface area contributed by atoms with Gasteiger partial charge >= 0.3 is 0 Å². The van der Waals surface area contributed by atoms with Gasteiger partial charge in [-0.1, -0.05) is 17.7 Å². The Morgan fingerprint density at radius 2 is 1.94 bits per heavy atom. The van der Waals surface area contributed by atoms with Crippen LogP contribution in [0.15, 0.2) is 41.2 Å². The minimum Gasteiger partial charge on any atom is -0.454 e. The number of aryl methyl sites for hydroxylation is 1. The molecule has 8 heteroatoms. The number of ether oxygens (including phenoxy) is 2.